The van der Waals surface area contributed by atoms with Crippen molar-refractivity contribution in [3.05, 3.63) is 42.7 Å². The van der Waals surface area contributed by atoms with Crippen molar-refractivity contribution in [1.29, 1.82) is 0 Å². The average Bonchev–Trinajstić information content (AvgIpc) is 3.04. The van der Waals surface area contributed by atoms with Crippen LogP contribution >= 0.6 is 0 Å². The van der Waals surface area contributed by atoms with Crippen LogP contribution in [0.5, 0.6) is 11.5 Å². The maximum Gasteiger partial charge on any atom is 0.231 e. The summed E-state index contributed by atoms with van der Waals surface area (Å²) in [6.45, 7) is 5.50. The molecule has 4 nitrogen and oxygen atoms in total. The topological polar surface area (TPSA) is 40.5 Å². The Morgan fingerprint density at radius 1 is 1.32 bits per heavy atom. The van der Waals surface area contributed by atoms with E-state index in [1.807, 2.05) is 24.4 Å². The lowest BCUT2D eigenvalue weighted by molar-refractivity contribution is 0.101. The number of hydrogen-bond donors (Lipinski definition) is 0. The number of aromatic nitrogens is 1. The molecule has 0 atom stereocenters. The van der Waals surface area contributed by atoms with Crippen LogP contribution in [0, 0.1) is 0 Å². The van der Waals surface area contributed by atoms with Crippen molar-refractivity contribution in [2.45, 2.75) is 6.92 Å². The van der Waals surface area contributed by atoms with Crippen molar-refractivity contribution in [3.8, 4) is 22.6 Å². The number of carbonyl (C=O) groups is 1. The number of fused-ring (bicyclic) bond motifs is 1. The van der Waals surface area contributed by atoms with E-state index < -0.39 is 0 Å². The highest BCUT2D eigenvalue weighted by molar-refractivity contribution is 6.01. The van der Waals surface area contributed by atoms with Gasteiger partial charge in [0.05, 0.1) is 0 Å². The number of ketones is 1. The predicted octanol–water partition coefficient (Wildman–Crippen LogP) is 3.19. The van der Waals surface area contributed by atoms with Gasteiger partial charge in [-0.1, -0.05) is 12.6 Å². The third-order valence-electron chi connectivity index (χ3n) is 3.12. The SMILES string of the molecule is C=Cn1cc(C(C)=O)c(-c2ccc3c(c2)OCO3)c1. The zero-order valence-corrected chi connectivity index (χ0v) is 10.6. The quantitative estimate of drug-likeness (QED) is 0.791. The highest BCUT2D eigenvalue weighted by Gasteiger charge is 2.17. The van der Waals surface area contributed by atoms with E-state index in [9.17, 15) is 4.79 Å². The van der Waals surface area contributed by atoms with E-state index in [1.165, 1.54) is 0 Å². The molecule has 1 aliphatic rings. The van der Waals surface area contributed by atoms with Gasteiger partial charge >= 0.3 is 0 Å². The molecule has 0 aliphatic carbocycles. The Balaban J connectivity index is 2.13. The molecule has 0 unspecified atom stereocenters. The van der Waals surface area contributed by atoms with E-state index in [4.69, 9.17) is 9.47 Å². The molecule has 4 heteroatoms. The highest BCUT2D eigenvalue weighted by Crippen LogP contribution is 2.37. The van der Waals surface area contributed by atoms with Crippen LogP contribution in [0.4, 0.5) is 0 Å². The zero-order chi connectivity index (χ0) is 13.4. The van der Waals surface area contributed by atoms with Gasteiger partial charge in [-0.05, 0) is 24.6 Å². The first-order chi connectivity index (χ1) is 9.19. The third-order valence-corrected chi connectivity index (χ3v) is 3.12. The fourth-order valence-electron chi connectivity index (χ4n) is 2.15. The average molecular weight is 255 g/mol. The van der Waals surface area contributed by atoms with Gasteiger partial charge < -0.3 is 14.0 Å². The number of carbonyl (C=O) groups excluding carboxylic acids is 1. The van der Waals surface area contributed by atoms with Gasteiger partial charge in [0.15, 0.2) is 17.3 Å². The maximum atomic E-state index is 11.7. The molecule has 0 spiro atoms. The third kappa shape index (κ3) is 1.91. The summed E-state index contributed by atoms with van der Waals surface area (Å²) in [5, 5.41) is 0. The van der Waals surface area contributed by atoms with E-state index in [0.29, 0.717) is 11.3 Å². The molecule has 0 N–H and O–H groups in total. The smallest absolute Gasteiger partial charge is 0.231 e. The molecule has 0 saturated carbocycles. The minimum atomic E-state index is 0.0215. The van der Waals surface area contributed by atoms with Crippen molar-refractivity contribution in [2.75, 3.05) is 6.79 Å². The number of ether oxygens (including phenoxy) is 2. The largest absolute Gasteiger partial charge is 0.454 e. The van der Waals surface area contributed by atoms with Crippen LogP contribution in [0.25, 0.3) is 17.3 Å². The van der Waals surface area contributed by atoms with Gasteiger partial charge in [0, 0.05) is 29.7 Å². The van der Waals surface area contributed by atoms with Gasteiger partial charge in [0.2, 0.25) is 6.79 Å². The lowest BCUT2D eigenvalue weighted by Crippen LogP contribution is -1.93. The number of Topliss-reactive ketones (excluding diaryl/α,β-unsaturated/α-hetero) is 1. The highest BCUT2D eigenvalue weighted by atomic mass is 16.7. The van der Waals surface area contributed by atoms with Crippen LogP contribution < -0.4 is 9.47 Å². The normalized spacial score (nSPS) is 12.5. The van der Waals surface area contributed by atoms with Gasteiger partial charge in [0.1, 0.15) is 0 Å². The Bertz CT molecular complexity index is 670. The van der Waals surface area contributed by atoms with Crippen molar-refractivity contribution >= 4 is 12.0 Å². The van der Waals surface area contributed by atoms with Gasteiger partial charge in [-0.15, -0.1) is 0 Å². The molecule has 0 fully saturated rings. The first kappa shape index (κ1) is 11.6. The van der Waals surface area contributed by atoms with Gasteiger partial charge in [-0.3, -0.25) is 4.79 Å². The van der Waals surface area contributed by atoms with Gasteiger partial charge in [-0.2, -0.15) is 0 Å². The second-order valence-corrected chi connectivity index (χ2v) is 4.34. The van der Waals surface area contributed by atoms with Crippen molar-refractivity contribution in [3.63, 3.8) is 0 Å². The second-order valence-electron chi connectivity index (χ2n) is 4.34. The second kappa shape index (κ2) is 4.31. The van der Waals surface area contributed by atoms with E-state index in [1.54, 1.807) is 23.9 Å². The van der Waals surface area contributed by atoms with Crippen molar-refractivity contribution in [1.82, 2.24) is 4.57 Å². The first-order valence-corrected chi connectivity index (χ1v) is 5.94. The minimum Gasteiger partial charge on any atom is -0.454 e. The fourth-order valence-corrected chi connectivity index (χ4v) is 2.15. The van der Waals surface area contributed by atoms with Crippen molar-refractivity contribution < 1.29 is 14.3 Å². The lowest BCUT2D eigenvalue weighted by Gasteiger charge is -2.03. The molecule has 19 heavy (non-hydrogen) atoms. The molecule has 0 bridgehead atoms. The lowest BCUT2D eigenvalue weighted by atomic mass is 10.0. The number of hydrogen-bond acceptors (Lipinski definition) is 3. The van der Waals surface area contributed by atoms with Crippen LogP contribution in [0.2, 0.25) is 0 Å². The van der Waals surface area contributed by atoms with Crippen LogP contribution in [0.15, 0.2) is 37.2 Å². The predicted molar refractivity (Wildman–Crippen MR) is 72.4 cm³/mol. The van der Waals surface area contributed by atoms with Crippen molar-refractivity contribution in [2.24, 2.45) is 0 Å². The maximum absolute atomic E-state index is 11.7. The molecule has 2 aromatic rings. The summed E-state index contributed by atoms with van der Waals surface area (Å²) in [5.74, 6) is 1.46. The number of rotatable bonds is 3. The summed E-state index contributed by atoms with van der Waals surface area (Å²) in [6, 6.07) is 5.66. The molecule has 0 saturated heterocycles. The van der Waals surface area contributed by atoms with Gasteiger partial charge in [-0.25, -0.2) is 0 Å². The molecule has 1 aromatic carbocycles. The fraction of sp³-hybridized carbons (Fsp3) is 0.133. The molecule has 0 amide bonds. The first-order valence-electron chi connectivity index (χ1n) is 5.94. The van der Waals surface area contributed by atoms with Crippen LogP contribution in [0.3, 0.4) is 0 Å². The summed E-state index contributed by atoms with van der Waals surface area (Å²) in [6.07, 6.45) is 5.30. The van der Waals surface area contributed by atoms with Crippen LogP contribution in [-0.4, -0.2) is 17.1 Å². The Morgan fingerprint density at radius 3 is 2.84 bits per heavy atom. The molecular weight excluding hydrogens is 242 g/mol. The number of benzene rings is 1. The monoisotopic (exact) mass is 255 g/mol. The van der Waals surface area contributed by atoms with E-state index >= 15 is 0 Å². The summed E-state index contributed by atoms with van der Waals surface area (Å²) in [5.41, 5.74) is 2.46. The van der Waals surface area contributed by atoms with Crippen LogP contribution in [0.1, 0.15) is 17.3 Å². The summed E-state index contributed by atoms with van der Waals surface area (Å²) < 4.78 is 12.4. The molecule has 1 aliphatic heterocycles. The van der Waals surface area contributed by atoms with Gasteiger partial charge in [0.25, 0.3) is 0 Å². The summed E-state index contributed by atoms with van der Waals surface area (Å²) >= 11 is 0. The Morgan fingerprint density at radius 2 is 2.11 bits per heavy atom. The molecule has 2 heterocycles. The number of nitrogens with zero attached hydrogens (tertiary/aromatic N) is 1. The van der Waals surface area contributed by atoms with E-state index in [0.717, 1.165) is 16.9 Å². The van der Waals surface area contributed by atoms with E-state index in [-0.39, 0.29) is 12.6 Å². The molecule has 1 aromatic heterocycles. The molecule has 96 valence electrons. The summed E-state index contributed by atoms with van der Waals surface area (Å²) in [7, 11) is 0. The Hall–Kier alpha value is -2.49. The molecule has 3 rings (SSSR count). The minimum absolute atomic E-state index is 0.0215. The standard InChI is InChI=1S/C15H13NO3/c1-3-16-7-12(10(2)17)13(8-16)11-4-5-14-15(6-11)19-9-18-14/h3-8H,1,9H2,2H3. The summed E-state index contributed by atoms with van der Waals surface area (Å²) in [4.78, 5) is 11.7. The Labute approximate surface area is 110 Å². The molecule has 0 radical (unpaired) electrons. The van der Waals surface area contributed by atoms with Crippen LogP contribution in [-0.2, 0) is 0 Å². The Kier molecular flexibility index (Phi) is 2.63. The molecular formula is C15H13NO3. The van der Waals surface area contributed by atoms with E-state index in [2.05, 4.69) is 6.58 Å². The zero-order valence-electron chi connectivity index (χ0n) is 10.6.